The largest absolute Gasteiger partial charge is 0.383 e. The maximum atomic E-state index is 12.1. The number of nitrogens with zero attached hydrogens (tertiary/aromatic N) is 3. The molecule has 0 aromatic carbocycles. The average molecular weight is 333 g/mol. The zero-order valence-corrected chi connectivity index (χ0v) is 13.2. The van der Waals surface area contributed by atoms with Gasteiger partial charge in [0.1, 0.15) is 5.69 Å². The van der Waals surface area contributed by atoms with Gasteiger partial charge in [-0.25, -0.2) is 0 Å². The third-order valence-corrected chi connectivity index (χ3v) is 3.17. The van der Waals surface area contributed by atoms with Crippen molar-refractivity contribution < 1.29 is 9.53 Å². The van der Waals surface area contributed by atoms with Crippen molar-refractivity contribution in [2.45, 2.75) is 6.54 Å². The molecular weight excluding hydrogens is 312 g/mol. The Balaban J connectivity index is 2.59. The molecule has 0 amide bonds. The van der Waals surface area contributed by atoms with Crippen LogP contribution in [0.1, 0.15) is 10.5 Å². The molecule has 0 atom stereocenters. The van der Waals surface area contributed by atoms with Crippen molar-refractivity contribution >= 4 is 21.7 Å². The van der Waals surface area contributed by atoms with Gasteiger partial charge in [0, 0.05) is 20.2 Å². The van der Waals surface area contributed by atoms with Crippen LogP contribution in [0, 0.1) is 0 Å². The lowest BCUT2D eigenvalue weighted by molar-refractivity contribution is 0.0975. The second-order valence-electron chi connectivity index (χ2n) is 4.46. The molecule has 0 saturated heterocycles. The Morgan fingerprint density at radius 2 is 2.32 bits per heavy atom. The fraction of sp³-hybridized carbons (Fsp3) is 0.667. The summed E-state index contributed by atoms with van der Waals surface area (Å²) in [7, 11) is 5.62. The summed E-state index contributed by atoms with van der Waals surface area (Å²) < 4.78 is 7.40. The number of Topliss-reactive ketones (excluding diaryl/α,β-unsaturated/α-hetero) is 1. The Kier molecular flexibility index (Phi) is 7.22. The maximum Gasteiger partial charge on any atom is 0.195 e. The van der Waals surface area contributed by atoms with E-state index in [9.17, 15) is 4.79 Å². The Morgan fingerprint density at radius 1 is 1.58 bits per heavy atom. The number of aromatic nitrogens is 2. The molecule has 0 bridgehead atoms. The predicted octanol–water partition coefficient (Wildman–Crippen LogP) is 0.626. The lowest BCUT2D eigenvalue weighted by Crippen LogP contribution is -2.29. The van der Waals surface area contributed by atoms with E-state index in [4.69, 9.17) is 4.74 Å². The molecule has 0 radical (unpaired) electrons. The van der Waals surface area contributed by atoms with Gasteiger partial charge >= 0.3 is 0 Å². The van der Waals surface area contributed by atoms with Gasteiger partial charge in [-0.2, -0.15) is 5.10 Å². The molecule has 108 valence electrons. The minimum absolute atomic E-state index is 0.0271. The molecule has 7 heteroatoms. The second kappa shape index (κ2) is 8.42. The number of nitrogens with one attached hydrogen (secondary N) is 1. The summed E-state index contributed by atoms with van der Waals surface area (Å²) in [5.41, 5.74) is 0.617. The van der Waals surface area contributed by atoms with E-state index in [2.05, 4.69) is 31.2 Å². The van der Waals surface area contributed by atoms with E-state index in [-0.39, 0.29) is 12.3 Å². The zero-order valence-electron chi connectivity index (χ0n) is 11.6. The maximum absolute atomic E-state index is 12.1. The van der Waals surface area contributed by atoms with Crippen LogP contribution in [-0.4, -0.2) is 67.9 Å². The number of methoxy groups -OCH3 is 1. The average Bonchev–Trinajstić information content (AvgIpc) is 2.73. The molecule has 0 saturated carbocycles. The summed E-state index contributed by atoms with van der Waals surface area (Å²) in [6.45, 7) is 3.07. The normalized spacial score (nSPS) is 11.2. The summed E-state index contributed by atoms with van der Waals surface area (Å²) in [6.07, 6.45) is 1.66. The number of rotatable bonds is 9. The number of hydrogen-bond acceptors (Lipinski definition) is 5. The molecule has 0 fully saturated rings. The first-order valence-electron chi connectivity index (χ1n) is 6.15. The summed E-state index contributed by atoms with van der Waals surface area (Å²) in [5, 5.41) is 7.27. The van der Waals surface area contributed by atoms with E-state index >= 15 is 0 Å². The van der Waals surface area contributed by atoms with E-state index in [1.165, 1.54) is 0 Å². The lowest BCUT2D eigenvalue weighted by atomic mass is 10.3. The molecule has 19 heavy (non-hydrogen) atoms. The first-order valence-corrected chi connectivity index (χ1v) is 6.94. The second-order valence-corrected chi connectivity index (χ2v) is 5.31. The van der Waals surface area contributed by atoms with Crippen LogP contribution in [0.25, 0.3) is 0 Å². The highest BCUT2D eigenvalue weighted by Crippen LogP contribution is 2.16. The van der Waals surface area contributed by atoms with Crippen molar-refractivity contribution in [1.29, 1.82) is 0 Å². The van der Waals surface area contributed by atoms with Gasteiger partial charge in [-0.1, -0.05) is 0 Å². The number of carbonyl (C=O) groups excluding carboxylic acids is 1. The fourth-order valence-electron chi connectivity index (χ4n) is 1.56. The number of ether oxygens (including phenoxy) is 1. The van der Waals surface area contributed by atoms with E-state index in [1.54, 1.807) is 18.0 Å². The van der Waals surface area contributed by atoms with Crippen LogP contribution in [0.4, 0.5) is 0 Å². The van der Waals surface area contributed by atoms with E-state index in [0.29, 0.717) is 25.4 Å². The number of hydrogen-bond donors (Lipinski definition) is 1. The fourth-order valence-corrected chi connectivity index (χ4v) is 2.08. The molecule has 1 N–H and O–H groups in total. The molecule has 0 spiro atoms. The predicted molar refractivity (Wildman–Crippen MR) is 77.6 cm³/mol. The molecule has 0 aliphatic rings. The minimum atomic E-state index is 0.0271. The molecule has 0 unspecified atom stereocenters. The van der Waals surface area contributed by atoms with Gasteiger partial charge in [0.25, 0.3) is 0 Å². The van der Waals surface area contributed by atoms with Crippen LogP contribution >= 0.6 is 15.9 Å². The summed E-state index contributed by atoms with van der Waals surface area (Å²) in [4.78, 5) is 14.2. The standard InChI is InChI=1S/C12H21BrN4O2/c1-16(2)5-6-17-12(10(13)8-15-17)11(18)9-14-4-7-19-3/h8,14H,4-7,9H2,1-3H3. The van der Waals surface area contributed by atoms with Gasteiger partial charge < -0.3 is 15.0 Å². The summed E-state index contributed by atoms with van der Waals surface area (Å²) in [6, 6.07) is 0. The number of carbonyl (C=O) groups is 1. The van der Waals surface area contributed by atoms with Crippen LogP contribution in [0.3, 0.4) is 0 Å². The summed E-state index contributed by atoms with van der Waals surface area (Å²) in [5.74, 6) is 0.0271. The van der Waals surface area contributed by atoms with Crippen LogP contribution in [0.15, 0.2) is 10.7 Å². The Labute approximate surface area is 122 Å². The quantitative estimate of drug-likeness (QED) is 0.531. The molecular formula is C12H21BrN4O2. The van der Waals surface area contributed by atoms with Crippen molar-refractivity contribution in [3.8, 4) is 0 Å². The highest BCUT2D eigenvalue weighted by atomic mass is 79.9. The Morgan fingerprint density at radius 3 is 2.95 bits per heavy atom. The van der Waals surface area contributed by atoms with Crippen LogP contribution < -0.4 is 5.32 Å². The van der Waals surface area contributed by atoms with Gasteiger partial charge in [0.15, 0.2) is 5.78 Å². The monoisotopic (exact) mass is 332 g/mol. The van der Waals surface area contributed by atoms with Crippen molar-refractivity contribution in [1.82, 2.24) is 20.0 Å². The van der Waals surface area contributed by atoms with Gasteiger partial charge in [0.2, 0.25) is 0 Å². The van der Waals surface area contributed by atoms with E-state index in [0.717, 1.165) is 11.0 Å². The first kappa shape index (κ1) is 16.3. The topological polar surface area (TPSA) is 59.4 Å². The Bertz CT molecular complexity index is 406. The van der Waals surface area contributed by atoms with E-state index in [1.807, 2.05) is 14.1 Å². The van der Waals surface area contributed by atoms with Crippen molar-refractivity contribution in [2.75, 3.05) is 47.4 Å². The molecule has 0 aliphatic carbocycles. The Hall–Kier alpha value is -0.760. The number of ketones is 1. The molecule has 1 aromatic heterocycles. The molecule has 1 rings (SSSR count). The zero-order chi connectivity index (χ0) is 14.3. The third-order valence-electron chi connectivity index (χ3n) is 2.59. The smallest absolute Gasteiger partial charge is 0.195 e. The SMILES string of the molecule is COCCNCC(=O)c1c(Br)cnn1CCN(C)C. The van der Waals surface area contributed by atoms with Crippen molar-refractivity contribution in [3.63, 3.8) is 0 Å². The number of likely N-dealkylation sites (N-methyl/N-ethyl adjacent to an activating group) is 1. The lowest BCUT2D eigenvalue weighted by Gasteiger charge is -2.12. The van der Waals surface area contributed by atoms with Crippen LogP contribution in [0.5, 0.6) is 0 Å². The molecule has 0 aliphatic heterocycles. The summed E-state index contributed by atoms with van der Waals surface area (Å²) >= 11 is 3.38. The van der Waals surface area contributed by atoms with Gasteiger partial charge in [-0.15, -0.1) is 0 Å². The van der Waals surface area contributed by atoms with Gasteiger partial charge in [-0.3, -0.25) is 9.48 Å². The minimum Gasteiger partial charge on any atom is -0.383 e. The third kappa shape index (κ3) is 5.40. The highest BCUT2D eigenvalue weighted by molar-refractivity contribution is 9.10. The van der Waals surface area contributed by atoms with Crippen molar-refractivity contribution in [2.24, 2.45) is 0 Å². The van der Waals surface area contributed by atoms with Crippen LogP contribution in [0.2, 0.25) is 0 Å². The van der Waals surface area contributed by atoms with Crippen molar-refractivity contribution in [3.05, 3.63) is 16.4 Å². The molecule has 6 nitrogen and oxygen atoms in total. The van der Waals surface area contributed by atoms with Crippen LogP contribution in [-0.2, 0) is 11.3 Å². The van der Waals surface area contributed by atoms with Gasteiger partial charge in [0.05, 0.1) is 30.4 Å². The first-order chi connectivity index (χ1) is 9.06. The number of halogens is 1. The van der Waals surface area contributed by atoms with Gasteiger partial charge in [-0.05, 0) is 30.0 Å². The highest BCUT2D eigenvalue weighted by Gasteiger charge is 2.16. The van der Waals surface area contributed by atoms with E-state index < -0.39 is 0 Å². The molecule has 1 heterocycles. The molecule has 1 aromatic rings.